The standard InChI is InChI=1S/C17H23N5O3/c1-10-7-11(2)22-15(20-21-17(22)18-10)16(23)19-13-9-24-6-5-14(13)25-8-12-3-4-12/h7,12-14H,3-6,8-9H2,1-2H3,(H,19,23)/t13-,14+/m1/s1. The van der Waals surface area contributed by atoms with Crippen LogP contribution in [0.3, 0.4) is 0 Å². The Kier molecular flexibility index (Phi) is 4.39. The molecule has 0 spiro atoms. The van der Waals surface area contributed by atoms with Crippen LogP contribution < -0.4 is 5.32 Å². The smallest absolute Gasteiger partial charge is 0.290 e. The Hall–Kier alpha value is -2.06. The van der Waals surface area contributed by atoms with Crippen LogP contribution in [0, 0.1) is 19.8 Å². The minimum absolute atomic E-state index is 0.0149. The Morgan fingerprint density at radius 2 is 2.20 bits per heavy atom. The molecule has 0 radical (unpaired) electrons. The van der Waals surface area contributed by atoms with Gasteiger partial charge in [0.25, 0.3) is 11.7 Å². The lowest BCUT2D eigenvalue weighted by atomic mass is 10.1. The van der Waals surface area contributed by atoms with Crippen molar-refractivity contribution in [3.05, 3.63) is 23.3 Å². The molecule has 0 aromatic carbocycles. The van der Waals surface area contributed by atoms with Crippen molar-refractivity contribution in [1.29, 1.82) is 0 Å². The molecule has 8 nitrogen and oxygen atoms in total. The van der Waals surface area contributed by atoms with E-state index in [2.05, 4.69) is 20.5 Å². The fraction of sp³-hybridized carbons (Fsp3) is 0.647. The Morgan fingerprint density at radius 3 is 3.00 bits per heavy atom. The second-order valence-corrected chi connectivity index (χ2v) is 6.96. The molecular formula is C17H23N5O3. The molecule has 4 rings (SSSR count). The minimum atomic E-state index is -0.281. The van der Waals surface area contributed by atoms with Gasteiger partial charge in [-0.15, -0.1) is 10.2 Å². The summed E-state index contributed by atoms with van der Waals surface area (Å²) in [6.07, 6.45) is 3.27. The Balaban J connectivity index is 1.50. The van der Waals surface area contributed by atoms with Gasteiger partial charge in [0.05, 0.1) is 18.8 Å². The van der Waals surface area contributed by atoms with E-state index in [9.17, 15) is 4.79 Å². The van der Waals surface area contributed by atoms with E-state index in [4.69, 9.17) is 9.47 Å². The maximum Gasteiger partial charge on any atom is 0.290 e. The molecule has 8 heteroatoms. The molecule has 1 amide bonds. The number of fused-ring (bicyclic) bond motifs is 1. The third-order valence-corrected chi connectivity index (χ3v) is 4.75. The van der Waals surface area contributed by atoms with Crippen molar-refractivity contribution in [3.63, 3.8) is 0 Å². The van der Waals surface area contributed by atoms with Gasteiger partial charge in [-0.05, 0) is 45.1 Å². The van der Waals surface area contributed by atoms with E-state index in [1.165, 1.54) is 12.8 Å². The molecule has 2 aromatic rings. The summed E-state index contributed by atoms with van der Waals surface area (Å²) >= 11 is 0. The molecule has 2 aliphatic rings. The Morgan fingerprint density at radius 1 is 1.36 bits per heavy atom. The SMILES string of the molecule is Cc1cc(C)n2c(C(=O)N[C@@H]3COCC[C@@H]3OCC3CC3)nnc2n1. The zero-order chi connectivity index (χ0) is 17.4. The van der Waals surface area contributed by atoms with Crippen molar-refractivity contribution >= 4 is 11.7 Å². The van der Waals surface area contributed by atoms with Crippen LogP contribution in [0.15, 0.2) is 6.07 Å². The maximum atomic E-state index is 12.7. The number of aromatic nitrogens is 4. The number of carbonyl (C=O) groups is 1. The second-order valence-electron chi connectivity index (χ2n) is 6.96. The van der Waals surface area contributed by atoms with Gasteiger partial charge in [-0.25, -0.2) is 4.98 Å². The number of aryl methyl sites for hydroxylation is 2. The first-order valence-corrected chi connectivity index (χ1v) is 8.81. The van der Waals surface area contributed by atoms with Crippen LogP contribution in [0.4, 0.5) is 0 Å². The summed E-state index contributed by atoms with van der Waals surface area (Å²) in [5, 5.41) is 11.1. The number of amides is 1. The van der Waals surface area contributed by atoms with Crippen molar-refractivity contribution < 1.29 is 14.3 Å². The fourth-order valence-electron chi connectivity index (χ4n) is 3.21. The van der Waals surface area contributed by atoms with Crippen molar-refractivity contribution in [3.8, 4) is 0 Å². The number of nitrogens with one attached hydrogen (secondary N) is 1. The summed E-state index contributed by atoms with van der Waals surface area (Å²) in [5.41, 5.74) is 1.72. The average Bonchev–Trinajstić information content (AvgIpc) is 3.31. The molecule has 1 aliphatic carbocycles. The lowest BCUT2D eigenvalue weighted by molar-refractivity contribution is -0.0568. The number of carbonyl (C=O) groups excluding carboxylic acids is 1. The first-order valence-electron chi connectivity index (χ1n) is 8.81. The molecule has 2 fully saturated rings. The number of rotatable bonds is 5. The molecule has 1 saturated carbocycles. The highest BCUT2D eigenvalue weighted by Gasteiger charge is 2.32. The molecule has 134 valence electrons. The summed E-state index contributed by atoms with van der Waals surface area (Å²) in [7, 11) is 0. The van der Waals surface area contributed by atoms with E-state index in [0.29, 0.717) is 24.9 Å². The quantitative estimate of drug-likeness (QED) is 0.871. The van der Waals surface area contributed by atoms with Crippen LogP contribution in [0.1, 0.15) is 41.3 Å². The van der Waals surface area contributed by atoms with E-state index < -0.39 is 0 Å². The highest BCUT2D eigenvalue weighted by atomic mass is 16.5. The normalized spacial score (nSPS) is 23.8. The molecule has 3 heterocycles. The van der Waals surface area contributed by atoms with Crippen LogP contribution in [0.5, 0.6) is 0 Å². The molecular weight excluding hydrogens is 322 g/mol. The Bertz CT molecular complexity index is 786. The largest absolute Gasteiger partial charge is 0.379 e. The molecule has 2 atom stereocenters. The predicted molar refractivity (Wildman–Crippen MR) is 89.4 cm³/mol. The molecule has 0 unspecified atom stereocenters. The van der Waals surface area contributed by atoms with Gasteiger partial charge in [0.2, 0.25) is 5.82 Å². The van der Waals surface area contributed by atoms with E-state index >= 15 is 0 Å². The topological polar surface area (TPSA) is 90.6 Å². The van der Waals surface area contributed by atoms with Gasteiger partial charge in [0, 0.05) is 24.6 Å². The zero-order valence-electron chi connectivity index (χ0n) is 14.6. The van der Waals surface area contributed by atoms with Gasteiger partial charge in [0.15, 0.2) is 0 Å². The number of nitrogens with zero attached hydrogens (tertiary/aromatic N) is 4. The van der Waals surface area contributed by atoms with E-state index in [0.717, 1.165) is 24.4 Å². The van der Waals surface area contributed by atoms with Crippen molar-refractivity contribution in [2.24, 2.45) is 5.92 Å². The first-order chi connectivity index (χ1) is 12.1. The van der Waals surface area contributed by atoms with Gasteiger partial charge in [0.1, 0.15) is 0 Å². The van der Waals surface area contributed by atoms with Crippen LogP contribution >= 0.6 is 0 Å². The maximum absolute atomic E-state index is 12.7. The van der Waals surface area contributed by atoms with Gasteiger partial charge in [-0.1, -0.05) is 0 Å². The lowest BCUT2D eigenvalue weighted by Crippen LogP contribution is -2.51. The van der Waals surface area contributed by atoms with E-state index in [-0.39, 0.29) is 23.9 Å². The van der Waals surface area contributed by atoms with E-state index in [1.54, 1.807) is 4.40 Å². The summed E-state index contributed by atoms with van der Waals surface area (Å²) in [4.78, 5) is 17.1. The number of ether oxygens (including phenoxy) is 2. The lowest BCUT2D eigenvalue weighted by Gasteiger charge is -2.32. The third kappa shape index (κ3) is 3.50. The monoisotopic (exact) mass is 345 g/mol. The van der Waals surface area contributed by atoms with Gasteiger partial charge >= 0.3 is 0 Å². The summed E-state index contributed by atoms with van der Waals surface area (Å²) in [5.74, 6) is 1.09. The van der Waals surface area contributed by atoms with Crippen LogP contribution in [0.2, 0.25) is 0 Å². The number of hydrogen-bond acceptors (Lipinski definition) is 6. The van der Waals surface area contributed by atoms with Crippen LogP contribution in [0.25, 0.3) is 5.78 Å². The first kappa shape index (κ1) is 16.4. The second kappa shape index (κ2) is 6.68. The van der Waals surface area contributed by atoms with Crippen LogP contribution in [-0.2, 0) is 9.47 Å². The van der Waals surface area contributed by atoms with Crippen molar-refractivity contribution in [1.82, 2.24) is 24.9 Å². The molecule has 0 bridgehead atoms. The van der Waals surface area contributed by atoms with Gasteiger partial charge < -0.3 is 14.8 Å². The molecule has 25 heavy (non-hydrogen) atoms. The van der Waals surface area contributed by atoms with Crippen molar-refractivity contribution in [2.75, 3.05) is 19.8 Å². The molecule has 1 aliphatic heterocycles. The summed E-state index contributed by atoms with van der Waals surface area (Å²) in [6, 6.07) is 1.73. The predicted octanol–water partition coefficient (Wildman–Crippen LogP) is 1.06. The van der Waals surface area contributed by atoms with Gasteiger partial charge in [-0.2, -0.15) is 0 Å². The Labute approximate surface area is 145 Å². The summed E-state index contributed by atoms with van der Waals surface area (Å²) in [6.45, 7) is 5.69. The van der Waals surface area contributed by atoms with Gasteiger partial charge in [-0.3, -0.25) is 9.20 Å². The highest BCUT2D eigenvalue weighted by Crippen LogP contribution is 2.30. The average molecular weight is 345 g/mol. The molecule has 2 aromatic heterocycles. The molecule has 1 saturated heterocycles. The molecule has 1 N–H and O–H groups in total. The third-order valence-electron chi connectivity index (χ3n) is 4.75. The van der Waals surface area contributed by atoms with E-state index in [1.807, 2.05) is 19.9 Å². The van der Waals surface area contributed by atoms with Crippen LogP contribution in [-0.4, -0.2) is 57.5 Å². The number of hydrogen-bond donors (Lipinski definition) is 1. The fourth-order valence-corrected chi connectivity index (χ4v) is 3.21. The highest BCUT2D eigenvalue weighted by molar-refractivity contribution is 5.91. The zero-order valence-corrected chi connectivity index (χ0v) is 14.6. The minimum Gasteiger partial charge on any atom is -0.379 e. The van der Waals surface area contributed by atoms with Crippen molar-refractivity contribution in [2.45, 2.75) is 45.3 Å². The summed E-state index contributed by atoms with van der Waals surface area (Å²) < 4.78 is 13.2.